The van der Waals surface area contributed by atoms with Gasteiger partial charge in [-0.05, 0) is 42.5 Å². The van der Waals surface area contributed by atoms with Crippen LogP contribution in [0.5, 0.6) is 0 Å². The van der Waals surface area contributed by atoms with E-state index in [0.717, 1.165) is 0 Å². The number of carbonyl (C=O) groups is 1. The van der Waals surface area contributed by atoms with E-state index in [-0.39, 0.29) is 37.8 Å². The average Bonchev–Trinajstić information content (AvgIpc) is 2.41. The van der Waals surface area contributed by atoms with Gasteiger partial charge in [-0.15, -0.1) is 0 Å². The quantitative estimate of drug-likeness (QED) is 0.633. The van der Waals surface area contributed by atoms with Gasteiger partial charge in [0.15, 0.2) is 0 Å². The molecule has 0 saturated carbocycles. The molecule has 8 heteroatoms. The first-order valence-electron chi connectivity index (χ1n) is 5.98. The fourth-order valence-corrected chi connectivity index (χ4v) is 3.26. The number of nitrogens with two attached hydrogens (primary N) is 1. The van der Waals surface area contributed by atoms with Crippen molar-refractivity contribution < 1.29 is 30.3 Å². The first kappa shape index (κ1) is 18.5. The minimum absolute atomic E-state index is 0. The summed E-state index contributed by atoms with van der Waals surface area (Å²) in [4.78, 5) is 11.1. The molecule has 0 aromatic heterocycles. The summed E-state index contributed by atoms with van der Waals surface area (Å²) in [5.74, 6) is -0.226. The van der Waals surface area contributed by atoms with Crippen molar-refractivity contribution in [3.05, 3.63) is 47.5 Å². The number of amides is 1. The van der Waals surface area contributed by atoms with E-state index in [2.05, 4.69) is 5.32 Å². The number of sulfone groups is 1. The van der Waals surface area contributed by atoms with Crippen molar-refractivity contribution in [2.24, 2.45) is 0 Å². The maximum absolute atomic E-state index is 12.4. The SMILES string of the molecule is CC(=O)Nc1ccc(S(=O)(=O)c2ccc(N)c(Cl)c2)cc1.[Fe]. The van der Waals surface area contributed by atoms with Crippen molar-refractivity contribution in [3.63, 3.8) is 0 Å². The minimum atomic E-state index is -3.68. The van der Waals surface area contributed by atoms with Gasteiger partial charge in [-0.3, -0.25) is 4.79 Å². The molecule has 0 aliphatic carbocycles. The molecular weight excluding hydrogens is 368 g/mol. The van der Waals surface area contributed by atoms with Gasteiger partial charge in [0.25, 0.3) is 0 Å². The molecule has 2 aromatic carbocycles. The standard InChI is InChI=1S/C14H13ClN2O3S.Fe/c1-9(18)17-10-2-4-11(5-3-10)21(19,20)12-6-7-14(16)13(15)8-12;/h2-8H,16H2,1H3,(H,17,18);. The fraction of sp³-hybridized carbons (Fsp3) is 0.0714. The van der Waals surface area contributed by atoms with Gasteiger partial charge in [-0.2, -0.15) is 0 Å². The molecule has 0 saturated heterocycles. The summed E-state index contributed by atoms with van der Waals surface area (Å²) in [6.07, 6.45) is 0. The van der Waals surface area contributed by atoms with E-state index in [1.807, 2.05) is 0 Å². The van der Waals surface area contributed by atoms with Crippen LogP contribution >= 0.6 is 11.6 Å². The topological polar surface area (TPSA) is 89.3 Å². The van der Waals surface area contributed by atoms with E-state index in [4.69, 9.17) is 17.3 Å². The Bertz CT molecular complexity index is 792. The second-order valence-corrected chi connectivity index (χ2v) is 6.75. The molecule has 0 heterocycles. The summed E-state index contributed by atoms with van der Waals surface area (Å²) < 4.78 is 24.9. The van der Waals surface area contributed by atoms with Crippen LogP contribution in [0.4, 0.5) is 11.4 Å². The van der Waals surface area contributed by atoms with Gasteiger partial charge in [0.2, 0.25) is 15.7 Å². The molecule has 118 valence electrons. The molecule has 0 spiro atoms. The van der Waals surface area contributed by atoms with E-state index in [1.54, 1.807) is 0 Å². The van der Waals surface area contributed by atoms with E-state index >= 15 is 0 Å². The molecule has 0 aliphatic rings. The summed E-state index contributed by atoms with van der Waals surface area (Å²) >= 11 is 5.85. The van der Waals surface area contributed by atoms with Crippen molar-refractivity contribution >= 4 is 38.7 Å². The number of halogens is 1. The van der Waals surface area contributed by atoms with Crippen LogP contribution < -0.4 is 11.1 Å². The van der Waals surface area contributed by atoms with Crippen LogP contribution in [-0.2, 0) is 31.7 Å². The smallest absolute Gasteiger partial charge is 0.221 e. The van der Waals surface area contributed by atoms with Crippen LogP contribution in [0.2, 0.25) is 5.02 Å². The number of nitrogens with one attached hydrogen (secondary N) is 1. The fourth-order valence-electron chi connectivity index (χ4n) is 1.73. The predicted octanol–water partition coefficient (Wildman–Crippen LogP) is 2.71. The molecule has 0 fully saturated rings. The van der Waals surface area contributed by atoms with E-state index in [0.29, 0.717) is 11.4 Å². The summed E-state index contributed by atoms with van der Waals surface area (Å²) in [7, 11) is -3.68. The third kappa shape index (κ3) is 4.01. The van der Waals surface area contributed by atoms with Crippen molar-refractivity contribution in [2.45, 2.75) is 16.7 Å². The van der Waals surface area contributed by atoms with Crippen molar-refractivity contribution in [2.75, 3.05) is 11.1 Å². The van der Waals surface area contributed by atoms with Crippen LogP contribution in [-0.4, -0.2) is 14.3 Å². The normalized spacial score (nSPS) is 10.6. The number of rotatable bonds is 3. The van der Waals surface area contributed by atoms with Crippen LogP contribution in [0.25, 0.3) is 0 Å². The summed E-state index contributed by atoms with van der Waals surface area (Å²) in [5, 5.41) is 2.75. The molecule has 2 aromatic rings. The van der Waals surface area contributed by atoms with Gasteiger partial charge >= 0.3 is 0 Å². The zero-order valence-electron chi connectivity index (χ0n) is 11.5. The van der Waals surface area contributed by atoms with Gasteiger partial charge in [0.1, 0.15) is 0 Å². The average molecular weight is 381 g/mol. The summed E-state index contributed by atoms with van der Waals surface area (Å²) in [5.41, 5.74) is 6.41. The Morgan fingerprint density at radius 3 is 2.14 bits per heavy atom. The number of nitrogen functional groups attached to an aromatic ring is 1. The summed E-state index contributed by atoms with van der Waals surface area (Å²) in [6.45, 7) is 1.38. The third-order valence-corrected chi connectivity index (χ3v) is 4.86. The molecule has 22 heavy (non-hydrogen) atoms. The molecule has 0 aliphatic heterocycles. The van der Waals surface area contributed by atoms with Crippen molar-refractivity contribution in [1.29, 1.82) is 0 Å². The van der Waals surface area contributed by atoms with Crippen molar-refractivity contribution in [3.8, 4) is 0 Å². The Hall–Kier alpha value is -1.53. The largest absolute Gasteiger partial charge is 0.398 e. The van der Waals surface area contributed by atoms with Crippen LogP contribution in [0.3, 0.4) is 0 Å². The molecule has 5 nitrogen and oxygen atoms in total. The van der Waals surface area contributed by atoms with Crippen LogP contribution in [0.15, 0.2) is 52.3 Å². The molecular formula is C14H13ClFeN2O3S. The number of carbonyl (C=O) groups excluding carboxylic acids is 1. The zero-order valence-corrected chi connectivity index (χ0v) is 14.2. The molecule has 3 N–H and O–H groups in total. The monoisotopic (exact) mass is 380 g/mol. The molecule has 0 atom stereocenters. The Balaban J connectivity index is 0.00000242. The Labute approximate surface area is 144 Å². The maximum Gasteiger partial charge on any atom is 0.221 e. The number of hydrogen-bond donors (Lipinski definition) is 2. The van der Waals surface area contributed by atoms with Crippen LogP contribution in [0.1, 0.15) is 6.92 Å². The molecule has 0 radical (unpaired) electrons. The van der Waals surface area contributed by atoms with Gasteiger partial charge in [-0.25, -0.2) is 8.42 Å². The molecule has 1 amide bonds. The molecule has 0 unspecified atom stereocenters. The van der Waals surface area contributed by atoms with E-state index in [1.165, 1.54) is 49.4 Å². The van der Waals surface area contributed by atoms with E-state index in [9.17, 15) is 13.2 Å². The van der Waals surface area contributed by atoms with Gasteiger partial charge in [-0.1, -0.05) is 11.6 Å². The Morgan fingerprint density at radius 2 is 1.64 bits per heavy atom. The van der Waals surface area contributed by atoms with Gasteiger partial charge < -0.3 is 11.1 Å². The first-order chi connectivity index (χ1) is 9.80. The van der Waals surface area contributed by atoms with E-state index < -0.39 is 9.84 Å². The molecule has 2 rings (SSSR count). The second kappa shape index (κ2) is 7.15. The maximum atomic E-state index is 12.4. The summed E-state index contributed by atoms with van der Waals surface area (Å²) in [6, 6.07) is 10.0. The zero-order chi connectivity index (χ0) is 15.6. The predicted molar refractivity (Wildman–Crippen MR) is 82.1 cm³/mol. The Kier molecular flexibility index (Phi) is 6.02. The number of hydrogen-bond acceptors (Lipinski definition) is 4. The second-order valence-electron chi connectivity index (χ2n) is 4.39. The third-order valence-electron chi connectivity index (χ3n) is 2.77. The number of benzene rings is 2. The first-order valence-corrected chi connectivity index (χ1v) is 7.84. The van der Waals surface area contributed by atoms with Gasteiger partial charge in [0.05, 0.1) is 20.5 Å². The van der Waals surface area contributed by atoms with Crippen LogP contribution in [0, 0.1) is 0 Å². The number of anilines is 2. The van der Waals surface area contributed by atoms with Crippen molar-refractivity contribution in [1.82, 2.24) is 0 Å². The minimum Gasteiger partial charge on any atom is -0.398 e. The van der Waals surface area contributed by atoms with Gasteiger partial charge in [0, 0.05) is 29.7 Å². The molecule has 0 bridgehead atoms. The Morgan fingerprint density at radius 1 is 1.09 bits per heavy atom.